The minimum absolute atomic E-state index is 0.0123. The van der Waals surface area contributed by atoms with Crippen LogP contribution in [0.1, 0.15) is 18.0 Å². The van der Waals surface area contributed by atoms with E-state index in [2.05, 4.69) is 15.6 Å². The molecule has 2 unspecified atom stereocenters. The Hall–Kier alpha value is -1.46. The Labute approximate surface area is 81.7 Å². The van der Waals surface area contributed by atoms with Gasteiger partial charge in [-0.25, -0.2) is 0 Å². The fourth-order valence-corrected chi connectivity index (χ4v) is 1.54. The molecule has 0 saturated carbocycles. The van der Waals surface area contributed by atoms with Gasteiger partial charge in [-0.1, -0.05) is 0 Å². The van der Waals surface area contributed by atoms with Crippen LogP contribution in [0.2, 0.25) is 0 Å². The first-order valence-electron chi connectivity index (χ1n) is 4.46. The fourth-order valence-electron chi connectivity index (χ4n) is 1.54. The number of carbonyl (C=O) groups is 1. The third kappa shape index (κ3) is 1.89. The highest BCUT2D eigenvalue weighted by Gasteiger charge is 2.24. The molecule has 1 fully saturated rings. The quantitative estimate of drug-likeness (QED) is 0.559. The Morgan fingerprint density at radius 1 is 1.43 bits per heavy atom. The Kier molecular flexibility index (Phi) is 2.43. The molecule has 1 saturated heterocycles. The number of hydrogen-bond donors (Lipinski definition) is 3. The van der Waals surface area contributed by atoms with E-state index in [1.807, 2.05) is 12.1 Å². The molecular formula is C9H12N4O. The molecule has 1 aliphatic rings. The van der Waals surface area contributed by atoms with Gasteiger partial charge in [-0.05, 0) is 17.7 Å². The number of nitrogens with one attached hydrogen (secondary N) is 2. The normalized spacial score (nSPS) is 27.1. The maximum atomic E-state index is 11.2. The van der Waals surface area contributed by atoms with E-state index >= 15 is 0 Å². The molecule has 2 atom stereocenters. The highest BCUT2D eigenvalue weighted by atomic mass is 16.2. The van der Waals surface area contributed by atoms with Gasteiger partial charge in [0.1, 0.15) is 6.29 Å². The number of amides is 1. The van der Waals surface area contributed by atoms with E-state index in [0.717, 1.165) is 5.56 Å². The Morgan fingerprint density at radius 3 is 2.79 bits per heavy atom. The maximum Gasteiger partial charge on any atom is 0.224 e. The molecule has 5 nitrogen and oxygen atoms in total. The molecule has 0 bridgehead atoms. The van der Waals surface area contributed by atoms with Crippen LogP contribution in [0, 0.1) is 0 Å². The largest absolute Gasteiger partial charge is 0.328 e. The standard InChI is InChI=1S/C9H12N4O/c10-9-12-7(5-8(14)13-9)6-1-3-11-4-2-6/h1-4,7,9,12H,5,10H2,(H,13,14). The first-order valence-corrected chi connectivity index (χ1v) is 4.46. The molecule has 4 N–H and O–H groups in total. The molecule has 0 radical (unpaired) electrons. The summed E-state index contributed by atoms with van der Waals surface area (Å²) in [5.74, 6) is -0.0296. The summed E-state index contributed by atoms with van der Waals surface area (Å²) < 4.78 is 0. The second-order valence-corrected chi connectivity index (χ2v) is 3.25. The summed E-state index contributed by atoms with van der Waals surface area (Å²) in [5.41, 5.74) is 6.63. The molecule has 2 heterocycles. The summed E-state index contributed by atoms with van der Waals surface area (Å²) in [6.45, 7) is 0. The lowest BCUT2D eigenvalue weighted by Crippen LogP contribution is -2.57. The Bertz CT molecular complexity index is 327. The van der Waals surface area contributed by atoms with Crippen LogP contribution in [0.15, 0.2) is 24.5 Å². The van der Waals surface area contributed by atoms with Crippen molar-refractivity contribution < 1.29 is 4.79 Å². The SMILES string of the molecule is NC1NC(=O)CC(c2ccncc2)N1. The molecule has 5 heteroatoms. The van der Waals surface area contributed by atoms with Crippen molar-refractivity contribution in [3.8, 4) is 0 Å². The van der Waals surface area contributed by atoms with Crippen LogP contribution in [0.5, 0.6) is 0 Å². The summed E-state index contributed by atoms with van der Waals surface area (Å²) in [5, 5.41) is 5.67. The zero-order chi connectivity index (χ0) is 9.97. The van der Waals surface area contributed by atoms with Crippen molar-refractivity contribution in [3.63, 3.8) is 0 Å². The van der Waals surface area contributed by atoms with Crippen molar-refractivity contribution >= 4 is 5.91 Å². The van der Waals surface area contributed by atoms with Gasteiger partial charge in [-0.3, -0.25) is 20.8 Å². The number of nitrogens with zero attached hydrogens (tertiary/aromatic N) is 1. The molecule has 2 rings (SSSR count). The monoisotopic (exact) mass is 192 g/mol. The van der Waals surface area contributed by atoms with Crippen molar-refractivity contribution in [2.24, 2.45) is 5.73 Å². The Balaban J connectivity index is 2.15. The van der Waals surface area contributed by atoms with Gasteiger partial charge < -0.3 is 5.32 Å². The molecule has 0 aliphatic carbocycles. The molecule has 1 aromatic rings. The first-order chi connectivity index (χ1) is 6.75. The predicted octanol–water partition coefficient (Wildman–Crippen LogP) is -0.526. The van der Waals surface area contributed by atoms with Crippen LogP contribution in [0.25, 0.3) is 0 Å². The van der Waals surface area contributed by atoms with E-state index in [1.165, 1.54) is 0 Å². The van der Waals surface area contributed by atoms with E-state index in [1.54, 1.807) is 12.4 Å². The van der Waals surface area contributed by atoms with Gasteiger partial charge in [0.2, 0.25) is 5.91 Å². The molecule has 74 valence electrons. The van der Waals surface area contributed by atoms with Crippen LogP contribution in [0.3, 0.4) is 0 Å². The molecule has 1 aliphatic heterocycles. The van der Waals surface area contributed by atoms with Gasteiger partial charge in [0, 0.05) is 24.9 Å². The van der Waals surface area contributed by atoms with E-state index in [-0.39, 0.29) is 11.9 Å². The second-order valence-electron chi connectivity index (χ2n) is 3.25. The van der Waals surface area contributed by atoms with Crippen LogP contribution in [-0.2, 0) is 4.79 Å². The number of aromatic nitrogens is 1. The Morgan fingerprint density at radius 2 is 2.14 bits per heavy atom. The summed E-state index contributed by atoms with van der Waals surface area (Å²) in [6.07, 6.45) is 3.36. The highest BCUT2D eigenvalue weighted by Crippen LogP contribution is 2.17. The third-order valence-corrected chi connectivity index (χ3v) is 2.20. The van der Waals surface area contributed by atoms with Gasteiger partial charge >= 0.3 is 0 Å². The van der Waals surface area contributed by atoms with Crippen LogP contribution in [-0.4, -0.2) is 17.2 Å². The minimum atomic E-state index is -0.464. The fraction of sp³-hybridized carbons (Fsp3) is 0.333. The lowest BCUT2D eigenvalue weighted by atomic mass is 10.0. The number of nitrogens with two attached hydrogens (primary N) is 1. The molecule has 0 aromatic carbocycles. The maximum absolute atomic E-state index is 11.2. The summed E-state index contributed by atoms with van der Waals surface area (Å²) in [4.78, 5) is 15.1. The lowest BCUT2D eigenvalue weighted by Gasteiger charge is -2.29. The average Bonchev–Trinajstić information content (AvgIpc) is 2.18. The van der Waals surface area contributed by atoms with Crippen molar-refractivity contribution in [2.45, 2.75) is 18.8 Å². The zero-order valence-electron chi connectivity index (χ0n) is 7.60. The van der Waals surface area contributed by atoms with E-state index in [4.69, 9.17) is 5.73 Å². The predicted molar refractivity (Wildman–Crippen MR) is 50.8 cm³/mol. The minimum Gasteiger partial charge on any atom is -0.328 e. The van der Waals surface area contributed by atoms with Crippen molar-refractivity contribution in [3.05, 3.63) is 30.1 Å². The van der Waals surface area contributed by atoms with Gasteiger partial charge in [0.15, 0.2) is 0 Å². The van der Waals surface area contributed by atoms with E-state index in [9.17, 15) is 4.79 Å². The number of pyridine rings is 1. The van der Waals surface area contributed by atoms with E-state index < -0.39 is 6.29 Å². The summed E-state index contributed by atoms with van der Waals surface area (Å²) in [6, 6.07) is 3.74. The molecule has 0 spiro atoms. The third-order valence-electron chi connectivity index (χ3n) is 2.20. The molecular weight excluding hydrogens is 180 g/mol. The van der Waals surface area contributed by atoms with Gasteiger partial charge in [-0.15, -0.1) is 0 Å². The second kappa shape index (κ2) is 3.73. The topological polar surface area (TPSA) is 80.0 Å². The highest BCUT2D eigenvalue weighted by molar-refractivity contribution is 5.77. The summed E-state index contributed by atoms with van der Waals surface area (Å²) in [7, 11) is 0. The van der Waals surface area contributed by atoms with Gasteiger partial charge in [0.05, 0.1) is 0 Å². The zero-order valence-corrected chi connectivity index (χ0v) is 7.60. The smallest absolute Gasteiger partial charge is 0.224 e. The van der Waals surface area contributed by atoms with Gasteiger partial charge in [-0.2, -0.15) is 0 Å². The average molecular weight is 192 g/mol. The van der Waals surface area contributed by atoms with Crippen LogP contribution < -0.4 is 16.4 Å². The lowest BCUT2D eigenvalue weighted by molar-refractivity contribution is -0.124. The van der Waals surface area contributed by atoms with Crippen molar-refractivity contribution in [2.75, 3.05) is 0 Å². The van der Waals surface area contributed by atoms with Crippen molar-refractivity contribution in [1.82, 2.24) is 15.6 Å². The number of carbonyl (C=O) groups excluding carboxylic acids is 1. The van der Waals surface area contributed by atoms with Crippen LogP contribution >= 0.6 is 0 Å². The molecule has 1 amide bonds. The molecule has 1 aromatic heterocycles. The molecule has 14 heavy (non-hydrogen) atoms. The van der Waals surface area contributed by atoms with E-state index in [0.29, 0.717) is 6.42 Å². The van der Waals surface area contributed by atoms with Crippen LogP contribution in [0.4, 0.5) is 0 Å². The number of hydrogen-bond acceptors (Lipinski definition) is 4. The van der Waals surface area contributed by atoms with Crippen molar-refractivity contribution in [1.29, 1.82) is 0 Å². The van der Waals surface area contributed by atoms with Gasteiger partial charge in [0.25, 0.3) is 0 Å². The first kappa shape index (κ1) is 9.11. The number of rotatable bonds is 1. The summed E-state index contributed by atoms with van der Waals surface area (Å²) >= 11 is 0.